The minimum absolute atomic E-state index is 0.137. The number of ether oxygens (including phenoxy) is 1. The number of nitrogens with zero attached hydrogens (tertiary/aromatic N) is 1. The summed E-state index contributed by atoms with van der Waals surface area (Å²) >= 11 is 0. The molecule has 3 N–H and O–H groups in total. The van der Waals surface area contributed by atoms with Crippen LogP contribution in [-0.2, 0) is 16.1 Å². The molecule has 0 fully saturated rings. The van der Waals surface area contributed by atoms with Crippen molar-refractivity contribution in [1.82, 2.24) is 0 Å². The van der Waals surface area contributed by atoms with E-state index in [1.54, 1.807) is 0 Å². The summed E-state index contributed by atoms with van der Waals surface area (Å²) in [5.74, 6) is -0.354. The van der Waals surface area contributed by atoms with Gasteiger partial charge in [0.15, 0.2) is 12.4 Å². The highest BCUT2D eigenvalue weighted by Crippen LogP contribution is 2.18. The Bertz CT molecular complexity index is 641. The van der Waals surface area contributed by atoms with Gasteiger partial charge in [0.25, 0.3) is 0 Å². The number of carbonyl (C=O) groups excluding carboxylic acids is 1. The average molecular weight is 357 g/mol. The van der Waals surface area contributed by atoms with E-state index in [1.165, 1.54) is 25.7 Å². The maximum absolute atomic E-state index is 12.1. The lowest BCUT2D eigenvalue weighted by Gasteiger charge is -2.11. The molecule has 4 heteroatoms. The number of carbonyl (C=O) groups is 1. The predicted molar refractivity (Wildman–Crippen MR) is 103 cm³/mol. The van der Waals surface area contributed by atoms with E-state index in [-0.39, 0.29) is 11.9 Å². The van der Waals surface area contributed by atoms with Crippen molar-refractivity contribution in [1.29, 1.82) is 0 Å². The highest BCUT2D eigenvalue weighted by atomic mass is 16.5. The smallest absolute Gasteiger partial charge is 0.313 e. The van der Waals surface area contributed by atoms with Gasteiger partial charge in [0.2, 0.25) is 0 Å². The first-order valence-corrected chi connectivity index (χ1v) is 9.69. The molecule has 0 saturated carbocycles. The number of unbranched alkanes of at least 4 members (excludes halogenated alkanes) is 5. The predicted octanol–water partition coefficient (Wildman–Crippen LogP) is 3.54. The monoisotopic (exact) mass is 356 g/mol. The summed E-state index contributed by atoms with van der Waals surface area (Å²) in [4.78, 5) is 12.1. The number of hydrogen-bond acceptors (Lipinski definition) is 2. The molecule has 0 amide bonds. The Kier molecular flexibility index (Phi) is 8.84. The van der Waals surface area contributed by atoms with E-state index < -0.39 is 0 Å². The summed E-state index contributed by atoms with van der Waals surface area (Å²) in [5.41, 5.74) is 5.80. The van der Waals surface area contributed by atoms with Crippen molar-refractivity contribution in [2.45, 2.75) is 57.9 Å². The second-order valence-corrected chi connectivity index (χ2v) is 6.87. The molecule has 2 rings (SSSR count). The number of rotatable bonds is 11. The van der Waals surface area contributed by atoms with E-state index in [2.05, 4.69) is 34.8 Å². The lowest BCUT2D eigenvalue weighted by atomic mass is 10.0. The zero-order valence-electron chi connectivity index (χ0n) is 15.9. The van der Waals surface area contributed by atoms with Gasteiger partial charge in [0.1, 0.15) is 12.2 Å². The SMILES string of the molecule is CC(C(=O)OCCCCCCCC[n+]1ccccc1)c1ccc([NH3+])cc1. The van der Waals surface area contributed by atoms with E-state index in [0.29, 0.717) is 6.61 Å². The first-order valence-electron chi connectivity index (χ1n) is 9.69. The van der Waals surface area contributed by atoms with Crippen molar-refractivity contribution in [2.75, 3.05) is 6.61 Å². The minimum atomic E-state index is -0.217. The number of benzene rings is 1. The molecule has 0 aliphatic heterocycles. The second kappa shape index (κ2) is 11.4. The maximum Gasteiger partial charge on any atom is 0.313 e. The lowest BCUT2D eigenvalue weighted by Crippen LogP contribution is -2.39. The largest absolute Gasteiger partial charge is 0.465 e. The highest BCUT2D eigenvalue weighted by molar-refractivity contribution is 5.77. The summed E-state index contributed by atoms with van der Waals surface area (Å²) in [6, 6.07) is 13.9. The maximum atomic E-state index is 12.1. The number of hydrogen-bond donors (Lipinski definition) is 1. The zero-order chi connectivity index (χ0) is 18.6. The third kappa shape index (κ3) is 7.36. The van der Waals surface area contributed by atoms with Crippen LogP contribution in [0.15, 0.2) is 54.9 Å². The fraction of sp³-hybridized carbons (Fsp3) is 0.455. The van der Waals surface area contributed by atoms with Crippen LogP contribution in [0.25, 0.3) is 0 Å². The van der Waals surface area contributed by atoms with Crippen molar-refractivity contribution in [2.24, 2.45) is 0 Å². The molecule has 0 bridgehead atoms. The third-order valence-electron chi connectivity index (χ3n) is 4.67. The first kappa shape index (κ1) is 20.1. The molecule has 2 aromatic rings. The van der Waals surface area contributed by atoms with Gasteiger partial charge in [0.05, 0.1) is 12.5 Å². The van der Waals surface area contributed by atoms with Gasteiger partial charge in [-0.25, -0.2) is 4.57 Å². The number of quaternary nitrogens is 1. The molecule has 140 valence electrons. The van der Waals surface area contributed by atoms with Crippen molar-refractivity contribution in [3.8, 4) is 0 Å². The Balaban J connectivity index is 1.48. The normalized spacial score (nSPS) is 11.9. The summed E-state index contributed by atoms with van der Waals surface area (Å²) in [5, 5.41) is 0. The Hall–Kier alpha value is -2.20. The molecule has 0 spiro atoms. The Labute approximate surface area is 157 Å². The minimum Gasteiger partial charge on any atom is -0.465 e. The Morgan fingerprint density at radius 1 is 0.962 bits per heavy atom. The van der Waals surface area contributed by atoms with Crippen molar-refractivity contribution >= 4 is 11.7 Å². The van der Waals surface area contributed by atoms with Crippen LogP contribution in [0.1, 0.15) is 56.9 Å². The molecule has 0 aliphatic rings. The van der Waals surface area contributed by atoms with Crippen LogP contribution in [-0.4, -0.2) is 12.6 Å². The van der Waals surface area contributed by atoms with Gasteiger partial charge in [-0.3, -0.25) is 4.79 Å². The van der Waals surface area contributed by atoms with Gasteiger partial charge >= 0.3 is 5.97 Å². The molecule has 26 heavy (non-hydrogen) atoms. The van der Waals surface area contributed by atoms with Gasteiger partial charge < -0.3 is 10.5 Å². The molecule has 1 unspecified atom stereocenters. The van der Waals surface area contributed by atoms with Crippen molar-refractivity contribution in [3.63, 3.8) is 0 Å². The van der Waals surface area contributed by atoms with Crippen LogP contribution in [0.4, 0.5) is 5.69 Å². The average Bonchev–Trinajstić information content (AvgIpc) is 2.67. The fourth-order valence-electron chi connectivity index (χ4n) is 2.93. The molecule has 1 aromatic heterocycles. The molecule has 1 heterocycles. The van der Waals surface area contributed by atoms with Crippen LogP contribution in [0, 0.1) is 0 Å². The quantitative estimate of drug-likeness (QED) is 0.380. The van der Waals surface area contributed by atoms with E-state index in [9.17, 15) is 4.79 Å². The van der Waals surface area contributed by atoms with E-state index in [4.69, 9.17) is 4.74 Å². The molecule has 0 radical (unpaired) electrons. The van der Waals surface area contributed by atoms with E-state index in [1.807, 2.05) is 37.3 Å². The second-order valence-electron chi connectivity index (χ2n) is 6.87. The Morgan fingerprint density at radius 2 is 1.58 bits per heavy atom. The fourth-order valence-corrected chi connectivity index (χ4v) is 2.93. The van der Waals surface area contributed by atoms with Gasteiger partial charge in [-0.05, 0) is 37.5 Å². The molecular weight excluding hydrogens is 324 g/mol. The van der Waals surface area contributed by atoms with Crippen molar-refractivity contribution in [3.05, 3.63) is 60.4 Å². The van der Waals surface area contributed by atoms with Crippen molar-refractivity contribution < 1.29 is 19.8 Å². The van der Waals surface area contributed by atoms with E-state index >= 15 is 0 Å². The molecular formula is C22H32N2O2+2. The summed E-state index contributed by atoms with van der Waals surface area (Å²) in [7, 11) is 0. The van der Waals surface area contributed by atoms with Gasteiger partial charge in [-0.1, -0.05) is 37.5 Å². The standard InChI is InChI=1S/C22H31N2O2/c1-19(20-11-13-21(23)14-12-20)22(25)26-18-10-5-3-2-4-7-15-24-16-8-6-9-17-24/h6,8-9,11-14,16-17,19H,2-5,7,10,15,18,23H2,1H3/q+1/p+1. The van der Waals surface area contributed by atoms with Gasteiger partial charge in [-0.15, -0.1) is 0 Å². The van der Waals surface area contributed by atoms with Gasteiger partial charge in [0, 0.05) is 18.6 Å². The summed E-state index contributed by atoms with van der Waals surface area (Å²) in [6.45, 7) is 3.51. The number of aryl methyl sites for hydroxylation is 1. The number of esters is 1. The third-order valence-corrected chi connectivity index (χ3v) is 4.67. The summed E-state index contributed by atoms with van der Waals surface area (Å²) < 4.78 is 7.64. The van der Waals surface area contributed by atoms with Crippen LogP contribution in [0.5, 0.6) is 0 Å². The molecule has 0 aliphatic carbocycles. The van der Waals surface area contributed by atoms with Gasteiger partial charge in [-0.2, -0.15) is 0 Å². The number of pyridine rings is 1. The van der Waals surface area contributed by atoms with Crippen LogP contribution >= 0.6 is 0 Å². The topological polar surface area (TPSA) is 57.8 Å². The number of aromatic nitrogens is 1. The molecule has 0 saturated heterocycles. The molecule has 4 nitrogen and oxygen atoms in total. The molecule has 1 aromatic carbocycles. The summed E-state index contributed by atoms with van der Waals surface area (Å²) in [6.07, 6.45) is 11.2. The highest BCUT2D eigenvalue weighted by Gasteiger charge is 2.16. The first-order chi connectivity index (χ1) is 12.7. The lowest BCUT2D eigenvalue weighted by molar-refractivity contribution is -0.697. The van der Waals surface area contributed by atoms with Crippen LogP contribution < -0.4 is 10.3 Å². The zero-order valence-corrected chi connectivity index (χ0v) is 15.9. The molecule has 1 atom stereocenters. The van der Waals surface area contributed by atoms with Crippen LogP contribution in [0.2, 0.25) is 0 Å². The Morgan fingerprint density at radius 3 is 2.27 bits per heavy atom. The van der Waals surface area contributed by atoms with E-state index in [0.717, 1.165) is 30.6 Å². The van der Waals surface area contributed by atoms with Crippen LogP contribution in [0.3, 0.4) is 0 Å².